The first kappa shape index (κ1) is 10.8. The molecule has 1 atom stereocenters. The molecule has 2 N–H and O–H groups in total. The summed E-state index contributed by atoms with van der Waals surface area (Å²) in [7, 11) is 0. The van der Waals surface area contributed by atoms with Gasteiger partial charge in [-0.05, 0) is 12.1 Å². The molecule has 0 aliphatic carbocycles. The predicted octanol–water partition coefficient (Wildman–Crippen LogP) is 2.34. The molecule has 6 heteroatoms. The standard InChI is InChI=1S/C10H9F3N2O/c11-10(12,13)8-6-9(16)15(14-8)7-4-2-1-3-5-7/h1-6,8,14,16H. The Morgan fingerprint density at radius 3 is 2.31 bits per heavy atom. The van der Waals surface area contributed by atoms with Gasteiger partial charge in [-0.1, -0.05) is 18.2 Å². The Labute approximate surface area is 89.8 Å². The van der Waals surface area contributed by atoms with Gasteiger partial charge in [-0.3, -0.25) is 0 Å². The van der Waals surface area contributed by atoms with Crippen molar-refractivity contribution in [2.24, 2.45) is 0 Å². The van der Waals surface area contributed by atoms with Gasteiger partial charge in [-0.2, -0.15) is 13.2 Å². The second-order valence-corrected chi connectivity index (χ2v) is 3.34. The van der Waals surface area contributed by atoms with Crippen LogP contribution in [-0.4, -0.2) is 17.3 Å². The van der Waals surface area contributed by atoms with Crippen LogP contribution in [0.25, 0.3) is 0 Å². The van der Waals surface area contributed by atoms with Crippen LogP contribution in [0.15, 0.2) is 42.3 Å². The summed E-state index contributed by atoms with van der Waals surface area (Å²) in [6.07, 6.45) is -3.69. The lowest BCUT2D eigenvalue weighted by Crippen LogP contribution is -2.44. The second kappa shape index (κ2) is 3.71. The summed E-state index contributed by atoms with van der Waals surface area (Å²) in [5.41, 5.74) is 2.61. The second-order valence-electron chi connectivity index (χ2n) is 3.34. The highest BCUT2D eigenvalue weighted by molar-refractivity contribution is 5.51. The summed E-state index contributed by atoms with van der Waals surface area (Å²) in [5, 5.41) is 10.4. The van der Waals surface area contributed by atoms with Gasteiger partial charge in [0.1, 0.15) is 6.04 Å². The molecule has 0 spiro atoms. The highest BCUT2D eigenvalue weighted by atomic mass is 19.4. The van der Waals surface area contributed by atoms with Crippen LogP contribution in [0.5, 0.6) is 0 Å². The van der Waals surface area contributed by atoms with Crippen LogP contribution in [0.4, 0.5) is 18.9 Å². The van der Waals surface area contributed by atoms with E-state index in [1.165, 1.54) is 0 Å². The van der Waals surface area contributed by atoms with Crippen molar-refractivity contribution in [3.8, 4) is 0 Å². The number of alkyl halides is 3. The molecule has 1 aliphatic heterocycles. The molecule has 2 rings (SSSR count). The summed E-state index contributed by atoms with van der Waals surface area (Å²) in [4.78, 5) is 0. The summed E-state index contributed by atoms with van der Waals surface area (Å²) < 4.78 is 37.1. The fourth-order valence-electron chi connectivity index (χ4n) is 1.42. The van der Waals surface area contributed by atoms with Crippen LogP contribution < -0.4 is 10.4 Å². The third-order valence-corrected chi connectivity index (χ3v) is 2.18. The zero-order chi connectivity index (χ0) is 11.8. The highest BCUT2D eigenvalue weighted by Crippen LogP contribution is 2.28. The van der Waals surface area contributed by atoms with Gasteiger partial charge in [0.15, 0.2) is 0 Å². The maximum atomic E-state index is 12.4. The van der Waals surface area contributed by atoms with Gasteiger partial charge in [0.2, 0.25) is 5.88 Å². The topological polar surface area (TPSA) is 35.5 Å². The quantitative estimate of drug-likeness (QED) is 0.777. The van der Waals surface area contributed by atoms with Crippen molar-refractivity contribution in [2.75, 3.05) is 5.01 Å². The number of nitrogens with one attached hydrogen (secondary N) is 1. The summed E-state index contributed by atoms with van der Waals surface area (Å²) in [6.45, 7) is 0. The fraction of sp³-hybridized carbons (Fsp3) is 0.200. The Hall–Kier alpha value is -1.69. The molecule has 0 saturated heterocycles. The number of benzene rings is 1. The van der Waals surface area contributed by atoms with Crippen molar-refractivity contribution >= 4 is 5.69 Å². The number of hydrogen-bond acceptors (Lipinski definition) is 3. The monoisotopic (exact) mass is 230 g/mol. The number of halogens is 3. The van der Waals surface area contributed by atoms with E-state index in [1.807, 2.05) is 0 Å². The number of aliphatic hydroxyl groups is 1. The Bertz CT molecular complexity index is 402. The molecule has 1 aromatic rings. The third kappa shape index (κ3) is 1.96. The average Bonchev–Trinajstić information content (AvgIpc) is 2.61. The molecule has 0 amide bonds. The van der Waals surface area contributed by atoms with E-state index in [9.17, 15) is 18.3 Å². The van der Waals surface area contributed by atoms with E-state index < -0.39 is 18.1 Å². The van der Waals surface area contributed by atoms with Crippen LogP contribution in [0.3, 0.4) is 0 Å². The first-order valence-corrected chi connectivity index (χ1v) is 4.57. The molecule has 0 saturated carbocycles. The molecule has 1 heterocycles. The number of rotatable bonds is 1. The van der Waals surface area contributed by atoms with Crippen LogP contribution in [0, 0.1) is 0 Å². The first-order valence-electron chi connectivity index (χ1n) is 4.57. The molecule has 0 bridgehead atoms. The molecule has 1 aliphatic rings. The van der Waals surface area contributed by atoms with E-state index in [0.717, 1.165) is 11.1 Å². The Morgan fingerprint density at radius 2 is 1.81 bits per heavy atom. The smallest absolute Gasteiger partial charge is 0.409 e. The predicted molar refractivity (Wildman–Crippen MR) is 52.6 cm³/mol. The molecular formula is C10H9F3N2O. The first-order chi connectivity index (χ1) is 7.48. The van der Waals surface area contributed by atoms with Crippen molar-refractivity contribution in [3.05, 3.63) is 42.3 Å². The number of para-hydroxylation sites is 1. The number of hydrogen-bond donors (Lipinski definition) is 2. The lowest BCUT2D eigenvalue weighted by molar-refractivity contribution is -0.142. The van der Waals surface area contributed by atoms with Crippen LogP contribution in [0.1, 0.15) is 0 Å². The fourth-order valence-corrected chi connectivity index (χ4v) is 1.42. The maximum absolute atomic E-state index is 12.4. The van der Waals surface area contributed by atoms with E-state index in [4.69, 9.17) is 0 Å². The van der Waals surface area contributed by atoms with Crippen molar-refractivity contribution in [1.29, 1.82) is 0 Å². The Morgan fingerprint density at radius 1 is 1.19 bits per heavy atom. The van der Waals surface area contributed by atoms with Crippen molar-refractivity contribution in [2.45, 2.75) is 12.2 Å². The average molecular weight is 230 g/mol. The Balaban J connectivity index is 2.21. The number of hydrazine groups is 1. The van der Waals surface area contributed by atoms with Gasteiger partial charge in [-0.15, -0.1) is 0 Å². The molecule has 0 fully saturated rings. The zero-order valence-electron chi connectivity index (χ0n) is 8.07. The normalized spacial score (nSPS) is 21.1. The minimum absolute atomic E-state index is 0.447. The molecule has 1 aromatic carbocycles. The maximum Gasteiger partial charge on any atom is 0.409 e. The minimum Gasteiger partial charge on any atom is -0.494 e. The molecule has 0 radical (unpaired) electrons. The lowest BCUT2D eigenvalue weighted by atomic mass is 10.3. The largest absolute Gasteiger partial charge is 0.494 e. The Kier molecular flexibility index (Phi) is 2.51. The SMILES string of the molecule is OC1=CC(C(F)(F)F)NN1c1ccccc1. The summed E-state index contributed by atoms with van der Waals surface area (Å²) >= 11 is 0. The molecule has 86 valence electrons. The van der Waals surface area contributed by atoms with E-state index >= 15 is 0 Å². The van der Waals surface area contributed by atoms with Crippen molar-refractivity contribution in [3.63, 3.8) is 0 Å². The van der Waals surface area contributed by atoms with E-state index in [1.54, 1.807) is 30.3 Å². The molecule has 3 nitrogen and oxygen atoms in total. The van der Waals surface area contributed by atoms with Crippen LogP contribution >= 0.6 is 0 Å². The zero-order valence-corrected chi connectivity index (χ0v) is 8.07. The van der Waals surface area contributed by atoms with E-state index in [-0.39, 0.29) is 0 Å². The minimum atomic E-state index is -4.42. The number of anilines is 1. The van der Waals surface area contributed by atoms with E-state index in [0.29, 0.717) is 5.69 Å². The van der Waals surface area contributed by atoms with Gasteiger partial charge in [0.25, 0.3) is 0 Å². The van der Waals surface area contributed by atoms with Gasteiger partial charge in [0, 0.05) is 6.08 Å². The van der Waals surface area contributed by atoms with Gasteiger partial charge in [0.05, 0.1) is 5.69 Å². The summed E-state index contributed by atoms with van der Waals surface area (Å²) in [5.74, 6) is -0.450. The van der Waals surface area contributed by atoms with Crippen molar-refractivity contribution in [1.82, 2.24) is 5.43 Å². The van der Waals surface area contributed by atoms with E-state index in [2.05, 4.69) is 5.43 Å². The number of aliphatic hydroxyl groups excluding tert-OH is 1. The molecule has 1 unspecified atom stereocenters. The molecule has 16 heavy (non-hydrogen) atoms. The van der Waals surface area contributed by atoms with Crippen LogP contribution in [0.2, 0.25) is 0 Å². The van der Waals surface area contributed by atoms with Crippen LogP contribution in [-0.2, 0) is 0 Å². The molecule has 0 aromatic heterocycles. The van der Waals surface area contributed by atoms with Gasteiger partial charge in [-0.25, -0.2) is 10.4 Å². The summed E-state index contributed by atoms with van der Waals surface area (Å²) in [6, 6.07) is 6.41. The third-order valence-electron chi connectivity index (χ3n) is 2.18. The van der Waals surface area contributed by atoms with Gasteiger partial charge < -0.3 is 5.11 Å². The number of nitrogens with zero attached hydrogens (tertiary/aromatic N) is 1. The highest BCUT2D eigenvalue weighted by Gasteiger charge is 2.43. The molecular weight excluding hydrogens is 221 g/mol. The lowest BCUT2D eigenvalue weighted by Gasteiger charge is -2.21. The van der Waals surface area contributed by atoms with Gasteiger partial charge >= 0.3 is 6.18 Å². The van der Waals surface area contributed by atoms with Crippen molar-refractivity contribution < 1.29 is 18.3 Å².